The van der Waals surface area contributed by atoms with Crippen LogP contribution in [0, 0.1) is 23.7 Å². The zero-order chi connectivity index (χ0) is 49.2. The van der Waals surface area contributed by atoms with Gasteiger partial charge in [-0.05, 0) is 74.6 Å². The summed E-state index contributed by atoms with van der Waals surface area (Å²) in [6, 6.07) is 17.7. The SMILES string of the molecule is CCCCCCCCCCCCCCCC#CCCc1ccccc1N=C(CCCCCC)C(CCCCCCCCC)=Nc1ccccc1CCC#CCCCCCCCCCCCCCCC. The molecule has 2 heteroatoms. The lowest BCUT2D eigenvalue weighted by Gasteiger charge is -2.14. The quantitative estimate of drug-likeness (QED) is 0.0359. The Balaban J connectivity index is 2.04. The van der Waals surface area contributed by atoms with Crippen LogP contribution in [0.15, 0.2) is 58.5 Å². The van der Waals surface area contributed by atoms with Crippen molar-refractivity contribution in [1.29, 1.82) is 0 Å². The molecule has 0 bridgehead atoms. The third kappa shape index (κ3) is 36.5. The van der Waals surface area contributed by atoms with Crippen LogP contribution >= 0.6 is 0 Å². The maximum Gasteiger partial charge on any atom is 0.0666 e. The Hall–Kier alpha value is -3.10. The number of benzene rings is 2. The van der Waals surface area contributed by atoms with Crippen molar-refractivity contribution in [1.82, 2.24) is 0 Å². The number of aliphatic imine (C=N–C) groups is 2. The van der Waals surface area contributed by atoms with Gasteiger partial charge in [-0.15, -0.1) is 23.7 Å². The number of aryl methyl sites for hydroxylation is 2. The summed E-state index contributed by atoms with van der Waals surface area (Å²) in [6.07, 6.45) is 58.0. The molecule has 2 aromatic carbocycles. The van der Waals surface area contributed by atoms with Crippen molar-refractivity contribution in [3.63, 3.8) is 0 Å². The summed E-state index contributed by atoms with van der Waals surface area (Å²) in [5.41, 5.74) is 7.25. The van der Waals surface area contributed by atoms with Crippen molar-refractivity contribution in [2.24, 2.45) is 9.98 Å². The number of para-hydroxylation sites is 2. The minimum absolute atomic E-state index is 0.894. The summed E-state index contributed by atoms with van der Waals surface area (Å²) in [5, 5.41) is 0. The second-order valence-corrected chi connectivity index (χ2v) is 20.7. The average molecular weight is 944 g/mol. The van der Waals surface area contributed by atoms with Crippen molar-refractivity contribution in [3.8, 4) is 23.7 Å². The minimum Gasteiger partial charge on any atom is -0.251 e. The Morgan fingerprint density at radius 1 is 0.290 bits per heavy atom. The molecule has 0 aliphatic rings. The van der Waals surface area contributed by atoms with E-state index in [1.165, 1.54) is 254 Å². The van der Waals surface area contributed by atoms with Gasteiger partial charge in [0.05, 0.1) is 22.8 Å². The largest absolute Gasteiger partial charge is 0.251 e. The van der Waals surface area contributed by atoms with Gasteiger partial charge in [0.25, 0.3) is 0 Å². The second-order valence-electron chi connectivity index (χ2n) is 20.7. The van der Waals surface area contributed by atoms with E-state index in [-0.39, 0.29) is 0 Å². The van der Waals surface area contributed by atoms with Crippen LogP contribution in [0.25, 0.3) is 0 Å². The van der Waals surface area contributed by atoms with E-state index in [2.05, 4.69) is 99.9 Å². The third-order valence-corrected chi connectivity index (χ3v) is 14.2. The molecule has 2 aromatic rings. The monoisotopic (exact) mass is 943 g/mol. The van der Waals surface area contributed by atoms with Crippen LogP contribution < -0.4 is 0 Å². The van der Waals surface area contributed by atoms with Crippen molar-refractivity contribution in [2.75, 3.05) is 0 Å². The van der Waals surface area contributed by atoms with Crippen LogP contribution in [0.3, 0.4) is 0 Å². The fourth-order valence-electron chi connectivity index (χ4n) is 9.66. The lowest BCUT2D eigenvalue weighted by Crippen LogP contribution is -2.15. The number of hydrogen-bond acceptors (Lipinski definition) is 2. The molecule has 2 nitrogen and oxygen atoms in total. The number of nitrogens with zero attached hydrogens (tertiary/aromatic N) is 2. The highest BCUT2D eigenvalue weighted by molar-refractivity contribution is 6.43. The highest BCUT2D eigenvalue weighted by atomic mass is 14.8. The molecule has 0 saturated heterocycles. The first kappa shape index (κ1) is 62.0. The van der Waals surface area contributed by atoms with Crippen LogP contribution in [-0.2, 0) is 12.8 Å². The second kappa shape index (κ2) is 48.5. The maximum absolute atomic E-state index is 5.59. The highest BCUT2D eigenvalue weighted by Crippen LogP contribution is 2.26. The fraction of sp³-hybridized carbons (Fsp3) is 0.731. The molecule has 0 aliphatic heterocycles. The first-order chi connectivity index (χ1) is 34.2. The smallest absolute Gasteiger partial charge is 0.0666 e. The van der Waals surface area contributed by atoms with Gasteiger partial charge in [0.15, 0.2) is 0 Å². The summed E-state index contributed by atoms with van der Waals surface area (Å²) in [4.78, 5) is 11.2. The van der Waals surface area contributed by atoms with Crippen molar-refractivity contribution in [2.45, 2.75) is 317 Å². The van der Waals surface area contributed by atoms with E-state index in [4.69, 9.17) is 9.98 Å². The van der Waals surface area contributed by atoms with Gasteiger partial charge in [0.1, 0.15) is 0 Å². The van der Waals surface area contributed by atoms with Gasteiger partial charge < -0.3 is 0 Å². The van der Waals surface area contributed by atoms with Crippen LogP contribution in [0.5, 0.6) is 0 Å². The van der Waals surface area contributed by atoms with Gasteiger partial charge in [0.2, 0.25) is 0 Å². The maximum atomic E-state index is 5.59. The molecule has 2 rings (SSSR count). The predicted octanol–water partition coefficient (Wildman–Crippen LogP) is 22.5. The summed E-state index contributed by atoms with van der Waals surface area (Å²) in [5.74, 6) is 14.1. The molecule has 0 aromatic heterocycles. The molecule has 388 valence electrons. The van der Waals surface area contributed by atoms with Crippen molar-refractivity contribution in [3.05, 3.63) is 59.7 Å². The Labute approximate surface area is 430 Å². The van der Waals surface area contributed by atoms with Gasteiger partial charge in [0, 0.05) is 25.7 Å². The van der Waals surface area contributed by atoms with Gasteiger partial charge in [-0.1, -0.05) is 276 Å². The lowest BCUT2D eigenvalue weighted by atomic mass is 9.99. The molecule has 0 amide bonds. The van der Waals surface area contributed by atoms with Crippen LogP contribution in [0.4, 0.5) is 11.4 Å². The Morgan fingerprint density at radius 2 is 0.536 bits per heavy atom. The van der Waals surface area contributed by atoms with Crippen molar-refractivity contribution >= 4 is 22.8 Å². The fourth-order valence-corrected chi connectivity index (χ4v) is 9.66. The molecule has 0 N–H and O–H groups in total. The minimum atomic E-state index is 0.894. The standard InChI is InChI=1S/C67H110N2/c1-5-9-13-17-20-22-24-26-28-30-32-34-36-38-41-43-46-54-62-56-50-52-58-64(62)68-66(60-48-16-12-8-4)67(61-49-45-40-19-15-11-7-3)69-65-59-53-51-57-63(65)55-47-44-42-39-37-35-33-31-29-27-25-23-21-18-14-10-6-2/h50-53,56-59H,5-40,45-49,54-55,60-61H2,1-4H3. The van der Waals surface area contributed by atoms with E-state index >= 15 is 0 Å². The molecule has 0 atom stereocenters. The molecule has 0 unspecified atom stereocenters. The molecule has 0 fully saturated rings. The molecular formula is C67H110N2. The van der Waals surface area contributed by atoms with E-state index in [1.807, 2.05) is 0 Å². The first-order valence-electron chi connectivity index (χ1n) is 30.5. The zero-order valence-corrected chi connectivity index (χ0v) is 46.3. The first-order valence-corrected chi connectivity index (χ1v) is 30.5. The molecule has 0 saturated carbocycles. The molecule has 69 heavy (non-hydrogen) atoms. The van der Waals surface area contributed by atoms with Crippen LogP contribution in [-0.4, -0.2) is 11.4 Å². The van der Waals surface area contributed by atoms with Gasteiger partial charge in [-0.2, -0.15) is 0 Å². The van der Waals surface area contributed by atoms with E-state index in [9.17, 15) is 0 Å². The number of rotatable bonds is 46. The predicted molar refractivity (Wildman–Crippen MR) is 311 cm³/mol. The molecule has 0 spiro atoms. The third-order valence-electron chi connectivity index (χ3n) is 14.2. The van der Waals surface area contributed by atoms with Gasteiger partial charge in [-0.25, -0.2) is 0 Å². The Kier molecular flexibility index (Phi) is 43.6. The number of unbranched alkanes of at least 4 members (excludes halogenated alkanes) is 35. The van der Waals surface area contributed by atoms with Crippen LogP contribution in [0.1, 0.15) is 315 Å². The lowest BCUT2D eigenvalue weighted by molar-refractivity contribution is 0.540. The zero-order valence-electron chi connectivity index (χ0n) is 46.3. The normalized spacial score (nSPS) is 11.7. The Morgan fingerprint density at radius 3 is 0.855 bits per heavy atom. The van der Waals surface area contributed by atoms with Gasteiger partial charge >= 0.3 is 0 Å². The van der Waals surface area contributed by atoms with Crippen molar-refractivity contribution < 1.29 is 0 Å². The van der Waals surface area contributed by atoms with E-state index < -0.39 is 0 Å². The summed E-state index contributed by atoms with van der Waals surface area (Å²) in [6.45, 7) is 9.22. The van der Waals surface area contributed by atoms with E-state index in [0.717, 1.165) is 69.2 Å². The molecule has 0 heterocycles. The van der Waals surface area contributed by atoms with E-state index in [1.54, 1.807) is 0 Å². The molecule has 0 aliphatic carbocycles. The van der Waals surface area contributed by atoms with E-state index in [0.29, 0.717) is 0 Å². The Bertz CT molecular complexity index is 1640. The topological polar surface area (TPSA) is 24.7 Å². The number of hydrogen-bond donors (Lipinski definition) is 0. The molecule has 0 radical (unpaired) electrons. The summed E-state index contributed by atoms with van der Waals surface area (Å²) < 4.78 is 0. The molecular weight excluding hydrogens is 833 g/mol. The van der Waals surface area contributed by atoms with Gasteiger partial charge in [-0.3, -0.25) is 9.98 Å². The highest BCUT2D eigenvalue weighted by Gasteiger charge is 2.14. The average Bonchev–Trinajstić information content (AvgIpc) is 3.37. The summed E-state index contributed by atoms with van der Waals surface area (Å²) in [7, 11) is 0. The summed E-state index contributed by atoms with van der Waals surface area (Å²) >= 11 is 0. The van der Waals surface area contributed by atoms with Crippen LogP contribution in [0.2, 0.25) is 0 Å².